The molecule has 2 rings (SSSR count). The number of carbonyl (C=O) groups is 1. The first-order chi connectivity index (χ1) is 8.08. The van der Waals surface area contributed by atoms with E-state index in [0.717, 1.165) is 32.3 Å². The van der Waals surface area contributed by atoms with E-state index in [1.807, 2.05) is 0 Å². The van der Waals surface area contributed by atoms with Crippen LogP contribution in [0, 0.1) is 5.92 Å². The SMILES string of the molecule is CC(C)C1CC(N(CC(=O)O)C2CC2)CCO1. The lowest BCUT2D eigenvalue weighted by Gasteiger charge is -2.38. The van der Waals surface area contributed by atoms with Gasteiger partial charge in [0, 0.05) is 18.7 Å². The highest BCUT2D eigenvalue weighted by molar-refractivity contribution is 5.69. The van der Waals surface area contributed by atoms with E-state index in [1.165, 1.54) is 0 Å². The maximum atomic E-state index is 10.9. The number of carboxylic acids is 1. The summed E-state index contributed by atoms with van der Waals surface area (Å²) in [5.74, 6) is -0.187. The predicted molar refractivity (Wildman–Crippen MR) is 65.0 cm³/mol. The summed E-state index contributed by atoms with van der Waals surface area (Å²) in [6, 6.07) is 0.918. The average Bonchev–Trinajstić information content (AvgIpc) is 3.09. The van der Waals surface area contributed by atoms with Crippen LogP contribution >= 0.6 is 0 Å². The minimum atomic E-state index is -0.704. The van der Waals surface area contributed by atoms with Gasteiger partial charge in [-0.15, -0.1) is 0 Å². The Kier molecular flexibility index (Phi) is 4.05. The molecular weight excluding hydrogens is 218 g/mol. The van der Waals surface area contributed by atoms with E-state index in [4.69, 9.17) is 9.84 Å². The highest BCUT2D eigenvalue weighted by atomic mass is 16.5. The average molecular weight is 241 g/mol. The Hall–Kier alpha value is -0.610. The van der Waals surface area contributed by atoms with Gasteiger partial charge in [-0.2, -0.15) is 0 Å². The summed E-state index contributed by atoms with van der Waals surface area (Å²) >= 11 is 0. The standard InChI is InChI=1S/C13H23NO3/c1-9(2)12-7-11(5-6-17-12)14(8-13(15)16)10-3-4-10/h9-12H,3-8H2,1-2H3,(H,15,16). The lowest BCUT2D eigenvalue weighted by Crippen LogP contribution is -2.46. The molecule has 0 bridgehead atoms. The zero-order valence-electron chi connectivity index (χ0n) is 10.8. The van der Waals surface area contributed by atoms with E-state index in [-0.39, 0.29) is 6.54 Å². The summed E-state index contributed by atoms with van der Waals surface area (Å²) in [7, 11) is 0. The first-order valence-corrected chi connectivity index (χ1v) is 6.67. The van der Waals surface area contributed by atoms with Gasteiger partial charge in [0.25, 0.3) is 0 Å². The number of aliphatic carboxylic acids is 1. The van der Waals surface area contributed by atoms with E-state index >= 15 is 0 Å². The monoisotopic (exact) mass is 241 g/mol. The molecule has 0 aromatic carbocycles. The van der Waals surface area contributed by atoms with Crippen molar-refractivity contribution in [1.82, 2.24) is 4.90 Å². The molecule has 1 aliphatic heterocycles. The third kappa shape index (κ3) is 3.42. The Morgan fingerprint density at radius 2 is 2.06 bits per heavy atom. The van der Waals surface area contributed by atoms with Crippen molar-refractivity contribution in [2.75, 3.05) is 13.2 Å². The van der Waals surface area contributed by atoms with Crippen LogP contribution in [0.25, 0.3) is 0 Å². The van der Waals surface area contributed by atoms with Crippen LogP contribution in [0.4, 0.5) is 0 Å². The topological polar surface area (TPSA) is 49.8 Å². The van der Waals surface area contributed by atoms with Gasteiger partial charge in [-0.05, 0) is 31.6 Å². The summed E-state index contributed by atoms with van der Waals surface area (Å²) in [6.07, 6.45) is 4.59. The molecule has 0 aromatic heterocycles. The van der Waals surface area contributed by atoms with Gasteiger partial charge in [0.15, 0.2) is 0 Å². The highest BCUT2D eigenvalue weighted by Gasteiger charge is 2.38. The van der Waals surface area contributed by atoms with E-state index in [0.29, 0.717) is 24.1 Å². The van der Waals surface area contributed by atoms with E-state index in [9.17, 15) is 4.79 Å². The fraction of sp³-hybridized carbons (Fsp3) is 0.923. The van der Waals surface area contributed by atoms with Gasteiger partial charge >= 0.3 is 5.97 Å². The lowest BCUT2D eigenvalue weighted by molar-refractivity contribution is -0.140. The number of carboxylic acid groups (broad SMARTS) is 1. The van der Waals surface area contributed by atoms with Gasteiger partial charge < -0.3 is 9.84 Å². The van der Waals surface area contributed by atoms with E-state index in [2.05, 4.69) is 18.7 Å². The van der Waals surface area contributed by atoms with Gasteiger partial charge in [-0.25, -0.2) is 0 Å². The molecule has 1 saturated heterocycles. The molecular formula is C13H23NO3. The third-order valence-corrected chi connectivity index (χ3v) is 3.83. The Morgan fingerprint density at radius 1 is 1.35 bits per heavy atom. The molecule has 1 N–H and O–H groups in total. The lowest BCUT2D eigenvalue weighted by atomic mass is 9.94. The minimum absolute atomic E-state index is 0.195. The summed E-state index contributed by atoms with van der Waals surface area (Å²) < 4.78 is 5.75. The van der Waals surface area contributed by atoms with Crippen LogP contribution < -0.4 is 0 Å². The maximum Gasteiger partial charge on any atom is 0.317 e. The van der Waals surface area contributed by atoms with Crippen molar-refractivity contribution in [2.24, 2.45) is 5.92 Å². The molecule has 17 heavy (non-hydrogen) atoms. The first kappa shape index (κ1) is 12.8. The van der Waals surface area contributed by atoms with Crippen LogP contribution in [-0.4, -0.2) is 47.3 Å². The van der Waals surface area contributed by atoms with Crippen LogP contribution in [0.2, 0.25) is 0 Å². The Labute approximate surface area is 103 Å². The van der Waals surface area contributed by atoms with Crippen molar-refractivity contribution >= 4 is 5.97 Å². The Bertz CT molecular complexity index is 276. The molecule has 0 amide bonds. The molecule has 2 unspecified atom stereocenters. The van der Waals surface area contributed by atoms with E-state index < -0.39 is 5.97 Å². The fourth-order valence-corrected chi connectivity index (χ4v) is 2.69. The zero-order chi connectivity index (χ0) is 12.4. The van der Waals surface area contributed by atoms with Gasteiger partial charge in [0.1, 0.15) is 0 Å². The summed E-state index contributed by atoms with van der Waals surface area (Å²) in [4.78, 5) is 13.1. The third-order valence-electron chi connectivity index (χ3n) is 3.83. The maximum absolute atomic E-state index is 10.9. The number of hydrogen-bond acceptors (Lipinski definition) is 3. The number of nitrogens with zero attached hydrogens (tertiary/aromatic N) is 1. The largest absolute Gasteiger partial charge is 0.480 e. The molecule has 0 radical (unpaired) electrons. The van der Waals surface area contributed by atoms with Crippen LogP contribution in [-0.2, 0) is 9.53 Å². The molecule has 2 fully saturated rings. The van der Waals surface area contributed by atoms with Crippen LogP contribution in [0.5, 0.6) is 0 Å². The summed E-state index contributed by atoms with van der Waals surface area (Å²) in [5.41, 5.74) is 0. The molecule has 2 atom stereocenters. The van der Waals surface area contributed by atoms with Crippen LogP contribution in [0.3, 0.4) is 0 Å². The van der Waals surface area contributed by atoms with Gasteiger partial charge in [0.05, 0.1) is 12.6 Å². The van der Waals surface area contributed by atoms with Gasteiger partial charge in [-0.1, -0.05) is 13.8 Å². The first-order valence-electron chi connectivity index (χ1n) is 6.67. The number of ether oxygens (including phenoxy) is 1. The van der Waals surface area contributed by atoms with Crippen LogP contribution in [0.15, 0.2) is 0 Å². The normalized spacial score (nSPS) is 29.9. The molecule has 2 aliphatic rings. The molecule has 0 spiro atoms. The van der Waals surface area contributed by atoms with Crippen molar-refractivity contribution in [3.63, 3.8) is 0 Å². The number of rotatable bonds is 5. The second-order valence-electron chi connectivity index (χ2n) is 5.63. The minimum Gasteiger partial charge on any atom is -0.480 e. The second-order valence-corrected chi connectivity index (χ2v) is 5.63. The fourth-order valence-electron chi connectivity index (χ4n) is 2.69. The molecule has 98 valence electrons. The molecule has 1 aliphatic carbocycles. The molecule has 4 heteroatoms. The molecule has 1 saturated carbocycles. The van der Waals surface area contributed by atoms with Gasteiger partial charge in [-0.3, -0.25) is 9.69 Å². The highest BCUT2D eigenvalue weighted by Crippen LogP contribution is 2.33. The quantitative estimate of drug-likeness (QED) is 0.796. The van der Waals surface area contributed by atoms with Crippen molar-refractivity contribution < 1.29 is 14.6 Å². The summed E-state index contributed by atoms with van der Waals surface area (Å²) in [6.45, 7) is 5.31. The number of hydrogen-bond donors (Lipinski definition) is 1. The van der Waals surface area contributed by atoms with Gasteiger partial charge in [0.2, 0.25) is 0 Å². The smallest absolute Gasteiger partial charge is 0.317 e. The molecule has 0 aromatic rings. The Morgan fingerprint density at radius 3 is 2.59 bits per heavy atom. The molecule has 1 heterocycles. The van der Waals surface area contributed by atoms with Crippen molar-refractivity contribution in [3.8, 4) is 0 Å². The van der Waals surface area contributed by atoms with Crippen molar-refractivity contribution in [1.29, 1.82) is 0 Å². The zero-order valence-corrected chi connectivity index (χ0v) is 10.8. The van der Waals surface area contributed by atoms with E-state index in [1.54, 1.807) is 0 Å². The second kappa shape index (κ2) is 5.36. The molecule has 4 nitrogen and oxygen atoms in total. The van der Waals surface area contributed by atoms with Crippen LogP contribution in [0.1, 0.15) is 39.5 Å². The Balaban J connectivity index is 1.95. The summed E-state index contributed by atoms with van der Waals surface area (Å²) in [5, 5.41) is 8.99. The predicted octanol–water partition coefficient (Wildman–Crippen LogP) is 1.74. The van der Waals surface area contributed by atoms with Crippen molar-refractivity contribution in [2.45, 2.75) is 57.7 Å². The van der Waals surface area contributed by atoms with Crippen molar-refractivity contribution in [3.05, 3.63) is 0 Å².